The molecule has 0 bridgehead atoms. The van der Waals surface area contributed by atoms with Gasteiger partial charge < -0.3 is 10.6 Å². The second-order valence-electron chi connectivity index (χ2n) is 4.90. The van der Waals surface area contributed by atoms with Gasteiger partial charge >= 0.3 is 0 Å². The van der Waals surface area contributed by atoms with Crippen molar-refractivity contribution in [3.8, 4) is 0 Å². The van der Waals surface area contributed by atoms with Crippen LogP contribution in [0, 0.1) is 0 Å². The van der Waals surface area contributed by atoms with Crippen molar-refractivity contribution in [3.63, 3.8) is 0 Å². The minimum atomic E-state index is -3.20. The molecule has 4 nitrogen and oxygen atoms in total. The average Bonchev–Trinajstić information content (AvgIpc) is 2.44. The van der Waals surface area contributed by atoms with E-state index < -0.39 is 9.84 Å². The Kier molecular flexibility index (Phi) is 5.97. The molecule has 108 valence electrons. The Balaban J connectivity index is 2.70. The third-order valence-corrected chi connectivity index (χ3v) is 5.28. The topological polar surface area (TPSA) is 63.4 Å². The maximum Gasteiger partial charge on any atom is 0.179 e. The lowest BCUT2D eigenvalue weighted by molar-refractivity contribution is 0.266. The van der Waals surface area contributed by atoms with Crippen LogP contribution in [0.2, 0.25) is 0 Å². The van der Waals surface area contributed by atoms with Crippen LogP contribution in [0.5, 0.6) is 0 Å². The molecule has 1 aromatic rings. The first-order chi connectivity index (χ1) is 8.90. The molecule has 1 unspecified atom stereocenters. The summed E-state index contributed by atoms with van der Waals surface area (Å²) in [6, 6.07) is 7.22. The lowest BCUT2D eigenvalue weighted by Crippen LogP contribution is -2.32. The molecule has 0 heterocycles. The molecular formula is C14H24N2O2S. The van der Waals surface area contributed by atoms with Crippen molar-refractivity contribution < 1.29 is 8.42 Å². The molecule has 0 aromatic heterocycles. The van der Waals surface area contributed by atoms with E-state index in [1.165, 1.54) is 0 Å². The van der Waals surface area contributed by atoms with Gasteiger partial charge in [0.15, 0.2) is 9.84 Å². The number of sulfone groups is 1. The van der Waals surface area contributed by atoms with Crippen LogP contribution in [0.1, 0.15) is 25.8 Å². The molecule has 0 aliphatic heterocycles. The average molecular weight is 284 g/mol. The van der Waals surface area contributed by atoms with Crippen LogP contribution in [-0.4, -0.2) is 38.7 Å². The van der Waals surface area contributed by atoms with Crippen LogP contribution in [0.4, 0.5) is 0 Å². The fourth-order valence-electron chi connectivity index (χ4n) is 1.75. The van der Waals surface area contributed by atoms with Gasteiger partial charge in [-0.15, -0.1) is 0 Å². The quantitative estimate of drug-likeness (QED) is 0.827. The zero-order valence-corrected chi connectivity index (χ0v) is 12.8. The first-order valence-corrected chi connectivity index (χ1v) is 8.28. The summed E-state index contributed by atoms with van der Waals surface area (Å²) in [6.07, 6.45) is 1.02. The number of benzene rings is 1. The van der Waals surface area contributed by atoms with Crippen LogP contribution in [0.25, 0.3) is 0 Å². The van der Waals surface area contributed by atoms with Gasteiger partial charge in [-0.3, -0.25) is 0 Å². The van der Waals surface area contributed by atoms with E-state index in [0.717, 1.165) is 12.0 Å². The molecule has 0 saturated heterocycles. The minimum Gasteiger partial charge on any atom is -0.326 e. The monoisotopic (exact) mass is 284 g/mol. The summed E-state index contributed by atoms with van der Waals surface area (Å²) in [5.41, 5.74) is 6.44. The molecule has 0 aliphatic carbocycles. The molecule has 0 radical (unpaired) electrons. The van der Waals surface area contributed by atoms with E-state index in [2.05, 4.69) is 18.7 Å². The van der Waals surface area contributed by atoms with Crippen molar-refractivity contribution in [1.29, 1.82) is 0 Å². The van der Waals surface area contributed by atoms with Gasteiger partial charge in [0.05, 0.1) is 10.6 Å². The van der Waals surface area contributed by atoms with E-state index >= 15 is 0 Å². The summed E-state index contributed by atoms with van der Waals surface area (Å²) in [5, 5.41) is 0. The minimum absolute atomic E-state index is 0.149. The van der Waals surface area contributed by atoms with Crippen molar-refractivity contribution in [1.82, 2.24) is 4.90 Å². The van der Waals surface area contributed by atoms with E-state index in [0.29, 0.717) is 24.0 Å². The van der Waals surface area contributed by atoms with E-state index in [4.69, 9.17) is 5.73 Å². The van der Waals surface area contributed by atoms with Crippen molar-refractivity contribution >= 4 is 9.84 Å². The van der Waals surface area contributed by atoms with Gasteiger partial charge in [0.1, 0.15) is 0 Å². The van der Waals surface area contributed by atoms with Crippen LogP contribution in [0.3, 0.4) is 0 Å². The molecule has 0 saturated carbocycles. The standard InChI is InChI=1S/C14H24N2O2S/c1-4-12(2)16(3)9-10-19(17,18)14-7-5-13(11-15)6-8-14/h5-8,12H,4,9-11,15H2,1-3H3. The van der Waals surface area contributed by atoms with Crippen molar-refractivity contribution in [2.24, 2.45) is 5.73 Å². The summed E-state index contributed by atoms with van der Waals surface area (Å²) in [4.78, 5) is 2.45. The fraction of sp³-hybridized carbons (Fsp3) is 0.571. The predicted octanol–water partition coefficient (Wildman–Crippen LogP) is 1.65. The first kappa shape index (κ1) is 16.1. The highest BCUT2D eigenvalue weighted by Crippen LogP contribution is 2.13. The van der Waals surface area contributed by atoms with Crippen molar-refractivity contribution in [2.45, 2.75) is 37.8 Å². The predicted molar refractivity (Wildman–Crippen MR) is 78.8 cm³/mol. The molecular weight excluding hydrogens is 260 g/mol. The summed E-state index contributed by atoms with van der Waals surface area (Å²) in [6.45, 7) is 5.18. The van der Waals surface area contributed by atoms with Gasteiger partial charge in [-0.25, -0.2) is 8.42 Å². The molecule has 0 amide bonds. The van der Waals surface area contributed by atoms with Crippen LogP contribution >= 0.6 is 0 Å². The molecule has 1 atom stereocenters. The molecule has 5 heteroatoms. The second-order valence-corrected chi connectivity index (χ2v) is 7.01. The van der Waals surface area contributed by atoms with E-state index in [-0.39, 0.29) is 5.75 Å². The molecule has 2 N–H and O–H groups in total. The summed E-state index contributed by atoms with van der Waals surface area (Å²) >= 11 is 0. The highest BCUT2D eigenvalue weighted by Gasteiger charge is 2.16. The van der Waals surface area contributed by atoms with E-state index in [1.807, 2.05) is 7.05 Å². The number of hydrogen-bond donors (Lipinski definition) is 1. The maximum absolute atomic E-state index is 12.2. The smallest absolute Gasteiger partial charge is 0.179 e. The Morgan fingerprint density at radius 2 is 1.84 bits per heavy atom. The number of rotatable bonds is 7. The van der Waals surface area contributed by atoms with Gasteiger partial charge in [-0.1, -0.05) is 19.1 Å². The fourth-order valence-corrected chi connectivity index (χ4v) is 3.06. The van der Waals surface area contributed by atoms with E-state index in [9.17, 15) is 8.42 Å². The lowest BCUT2D eigenvalue weighted by atomic mass is 10.2. The Morgan fingerprint density at radius 3 is 2.32 bits per heavy atom. The Labute approximate surface area is 116 Å². The summed E-state index contributed by atoms with van der Waals surface area (Å²) in [7, 11) is -1.25. The van der Waals surface area contributed by atoms with Crippen molar-refractivity contribution in [3.05, 3.63) is 29.8 Å². The molecule has 1 aromatic carbocycles. The lowest BCUT2D eigenvalue weighted by Gasteiger charge is -2.23. The SMILES string of the molecule is CCC(C)N(C)CCS(=O)(=O)c1ccc(CN)cc1. The largest absolute Gasteiger partial charge is 0.326 e. The molecule has 1 rings (SSSR count). The zero-order chi connectivity index (χ0) is 14.5. The molecule has 0 fully saturated rings. The van der Waals surface area contributed by atoms with Gasteiger partial charge in [0.25, 0.3) is 0 Å². The molecule has 0 aliphatic rings. The van der Waals surface area contributed by atoms with Gasteiger partial charge in [-0.05, 0) is 38.1 Å². The Hall–Kier alpha value is -0.910. The maximum atomic E-state index is 12.2. The third-order valence-electron chi connectivity index (χ3n) is 3.57. The van der Waals surface area contributed by atoms with Crippen LogP contribution in [0.15, 0.2) is 29.2 Å². The highest BCUT2D eigenvalue weighted by atomic mass is 32.2. The highest BCUT2D eigenvalue weighted by molar-refractivity contribution is 7.91. The van der Waals surface area contributed by atoms with Gasteiger partial charge in [-0.2, -0.15) is 0 Å². The summed E-state index contributed by atoms with van der Waals surface area (Å²) < 4.78 is 24.4. The van der Waals surface area contributed by atoms with E-state index in [1.54, 1.807) is 24.3 Å². The molecule has 0 spiro atoms. The third kappa shape index (κ3) is 4.60. The number of nitrogens with zero attached hydrogens (tertiary/aromatic N) is 1. The van der Waals surface area contributed by atoms with Gasteiger partial charge in [0.2, 0.25) is 0 Å². The Bertz CT molecular complexity index is 483. The molecule has 19 heavy (non-hydrogen) atoms. The van der Waals surface area contributed by atoms with Crippen LogP contribution in [-0.2, 0) is 16.4 Å². The van der Waals surface area contributed by atoms with Crippen LogP contribution < -0.4 is 5.73 Å². The number of nitrogens with two attached hydrogens (primary N) is 1. The first-order valence-electron chi connectivity index (χ1n) is 6.62. The summed E-state index contributed by atoms with van der Waals surface area (Å²) in [5.74, 6) is 0.149. The second kappa shape index (κ2) is 7.03. The normalized spacial score (nSPS) is 13.7. The Morgan fingerprint density at radius 1 is 1.26 bits per heavy atom. The zero-order valence-electron chi connectivity index (χ0n) is 12.0. The van der Waals surface area contributed by atoms with Crippen molar-refractivity contribution in [2.75, 3.05) is 19.3 Å². The number of hydrogen-bond acceptors (Lipinski definition) is 4. The van der Waals surface area contributed by atoms with Gasteiger partial charge in [0, 0.05) is 19.1 Å².